The number of nitrogens with zero attached hydrogens (tertiary/aromatic N) is 1. The lowest BCUT2D eigenvalue weighted by Crippen LogP contribution is -2.40. The van der Waals surface area contributed by atoms with Gasteiger partial charge in [-0.15, -0.1) is 12.4 Å². The first-order chi connectivity index (χ1) is 11.8. The molecule has 2 N–H and O–H groups in total. The van der Waals surface area contributed by atoms with Gasteiger partial charge in [-0.25, -0.2) is 21.6 Å². The molecule has 1 aromatic rings. The molecule has 11 heteroatoms. The minimum atomic E-state index is -3.68. The summed E-state index contributed by atoms with van der Waals surface area (Å²) in [6.45, 7) is 6.14. The molecule has 1 fully saturated rings. The number of hydrogen-bond donors (Lipinski definition) is 2. The molecule has 8 nitrogen and oxygen atoms in total. The molecular weight excluding hydrogens is 402 g/mol. The van der Waals surface area contributed by atoms with E-state index >= 15 is 0 Å². The van der Waals surface area contributed by atoms with E-state index < -0.39 is 20.0 Å². The third kappa shape index (κ3) is 5.88. The largest absolute Gasteiger partial charge is 0.379 e. The topological polar surface area (TPSA) is 105 Å². The second-order valence-corrected chi connectivity index (χ2v) is 9.50. The van der Waals surface area contributed by atoms with Crippen molar-refractivity contribution in [1.29, 1.82) is 0 Å². The number of likely N-dealkylation sites (N-methyl/N-ethyl adjacent to an activating group) is 1. The number of halogens is 1. The van der Waals surface area contributed by atoms with Crippen molar-refractivity contribution in [3.8, 4) is 0 Å². The predicted molar refractivity (Wildman–Crippen MR) is 102 cm³/mol. The van der Waals surface area contributed by atoms with Crippen LogP contribution in [0.25, 0.3) is 0 Å². The number of nitrogens with one attached hydrogen (secondary N) is 2. The third-order valence-electron chi connectivity index (χ3n) is 3.87. The quantitative estimate of drug-likeness (QED) is 0.622. The number of benzene rings is 1. The van der Waals surface area contributed by atoms with Gasteiger partial charge in [-0.1, -0.05) is 6.92 Å². The first-order valence-electron chi connectivity index (χ1n) is 8.18. The van der Waals surface area contributed by atoms with Crippen molar-refractivity contribution in [2.75, 3.05) is 39.4 Å². The van der Waals surface area contributed by atoms with Crippen LogP contribution in [0.15, 0.2) is 34.1 Å². The molecule has 0 unspecified atom stereocenters. The summed E-state index contributed by atoms with van der Waals surface area (Å²) in [5.74, 6) is 0. The van der Waals surface area contributed by atoms with Gasteiger partial charge in [0.2, 0.25) is 20.0 Å². The average molecular weight is 428 g/mol. The Kier molecular flexibility index (Phi) is 8.94. The van der Waals surface area contributed by atoms with E-state index in [0.29, 0.717) is 26.3 Å². The van der Waals surface area contributed by atoms with E-state index in [0.717, 1.165) is 6.54 Å². The van der Waals surface area contributed by atoms with Crippen molar-refractivity contribution in [1.82, 2.24) is 14.3 Å². The standard InChI is InChI=1S/C15H25N3O5S2.ClH/c1-3-16-13(2)12-17-24(19,20)14-4-6-15(7-5-14)25(21,22)18-8-10-23-11-9-18;/h4-7,13,16-17H,3,8-12H2,1-2H3;1H/t13-;/m1./s1. The van der Waals surface area contributed by atoms with E-state index in [1.165, 1.54) is 28.6 Å². The van der Waals surface area contributed by atoms with E-state index in [1.807, 2.05) is 13.8 Å². The highest BCUT2D eigenvalue weighted by molar-refractivity contribution is 7.89. The summed E-state index contributed by atoms with van der Waals surface area (Å²) < 4.78 is 58.7. The van der Waals surface area contributed by atoms with E-state index in [9.17, 15) is 16.8 Å². The predicted octanol–water partition coefficient (Wildman–Crippen LogP) is 0.406. The number of hydrogen-bond acceptors (Lipinski definition) is 6. The van der Waals surface area contributed by atoms with Gasteiger partial charge < -0.3 is 10.1 Å². The van der Waals surface area contributed by atoms with Gasteiger partial charge in [0.25, 0.3) is 0 Å². The normalized spacial score (nSPS) is 17.5. The van der Waals surface area contributed by atoms with E-state index in [4.69, 9.17) is 4.74 Å². The third-order valence-corrected chi connectivity index (χ3v) is 7.23. The van der Waals surface area contributed by atoms with Crippen LogP contribution in [0.4, 0.5) is 0 Å². The summed E-state index contributed by atoms with van der Waals surface area (Å²) in [4.78, 5) is 0.117. The van der Waals surface area contributed by atoms with Gasteiger partial charge in [-0.3, -0.25) is 0 Å². The van der Waals surface area contributed by atoms with Crippen molar-refractivity contribution in [2.45, 2.75) is 29.7 Å². The maximum absolute atomic E-state index is 12.5. The second-order valence-electron chi connectivity index (χ2n) is 5.80. The molecule has 0 radical (unpaired) electrons. The van der Waals surface area contributed by atoms with E-state index in [1.54, 1.807) is 0 Å². The van der Waals surface area contributed by atoms with Crippen LogP contribution in [0.2, 0.25) is 0 Å². The molecule has 1 heterocycles. The lowest BCUT2D eigenvalue weighted by molar-refractivity contribution is 0.0730. The summed E-state index contributed by atoms with van der Waals surface area (Å²) in [5, 5.41) is 3.11. The molecule has 1 atom stereocenters. The summed E-state index contributed by atoms with van der Waals surface area (Å²) >= 11 is 0. The molecule has 1 aliphatic rings. The molecule has 0 bridgehead atoms. The zero-order chi connectivity index (χ0) is 18.5. The highest BCUT2D eigenvalue weighted by atomic mass is 35.5. The molecule has 0 aromatic heterocycles. The molecule has 0 spiro atoms. The molecule has 0 saturated carbocycles. The lowest BCUT2D eigenvalue weighted by atomic mass is 10.3. The number of rotatable bonds is 8. The Hall–Kier alpha value is -0.750. The van der Waals surface area contributed by atoms with Crippen molar-refractivity contribution in [2.24, 2.45) is 0 Å². The van der Waals surface area contributed by atoms with Crippen LogP contribution in [-0.2, 0) is 24.8 Å². The zero-order valence-corrected chi connectivity index (χ0v) is 17.3. The first-order valence-corrected chi connectivity index (χ1v) is 11.1. The molecule has 0 aliphatic carbocycles. The molecule has 150 valence electrons. The second kappa shape index (κ2) is 9.98. The number of sulfonamides is 2. The monoisotopic (exact) mass is 427 g/mol. The van der Waals surface area contributed by atoms with Gasteiger partial charge >= 0.3 is 0 Å². The van der Waals surface area contributed by atoms with Crippen molar-refractivity contribution >= 4 is 32.5 Å². The Bertz CT molecular complexity index is 763. The molecular formula is C15H26ClN3O5S2. The van der Waals surface area contributed by atoms with Gasteiger partial charge in [-0.2, -0.15) is 4.31 Å². The summed E-state index contributed by atoms with van der Waals surface area (Å²) in [6.07, 6.45) is 0. The van der Waals surface area contributed by atoms with Gasteiger partial charge in [0.05, 0.1) is 23.0 Å². The Morgan fingerprint density at radius 2 is 1.62 bits per heavy atom. The minimum Gasteiger partial charge on any atom is -0.379 e. The fraction of sp³-hybridized carbons (Fsp3) is 0.600. The zero-order valence-electron chi connectivity index (χ0n) is 14.8. The molecule has 2 rings (SSSR count). The lowest BCUT2D eigenvalue weighted by Gasteiger charge is -2.26. The molecule has 1 saturated heterocycles. The van der Waals surface area contributed by atoms with Gasteiger partial charge in [-0.05, 0) is 37.7 Å². The fourth-order valence-electron chi connectivity index (χ4n) is 2.47. The average Bonchev–Trinajstić information content (AvgIpc) is 2.61. The highest BCUT2D eigenvalue weighted by Crippen LogP contribution is 2.19. The van der Waals surface area contributed by atoms with Crippen LogP contribution in [0, 0.1) is 0 Å². The maximum atomic E-state index is 12.5. The first kappa shape index (κ1) is 23.3. The molecule has 1 aliphatic heterocycles. The molecule has 26 heavy (non-hydrogen) atoms. The number of ether oxygens (including phenoxy) is 1. The van der Waals surface area contributed by atoms with Crippen LogP contribution in [0.5, 0.6) is 0 Å². The Balaban J connectivity index is 0.00000338. The Morgan fingerprint density at radius 3 is 2.15 bits per heavy atom. The van der Waals surface area contributed by atoms with Gasteiger partial charge in [0, 0.05) is 25.7 Å². The smallest absolute Gasteiger partial charge is 0.243 e. The van der Waals surface area contributed by atoms with Crippen LogP contribution in [0.3, 0.4) is 0 Å². The minimum absolute atomic E-state index is 0. The van der Waals surface area contributed by atoms with E-state index in [2.05, 4.69) is 10.0 Å². The fourth-order valence-corrected chi connectivity index (χ4v) is 5.00. The van der Waals surface area contributed by atoms with Crippen molar-refractivity contribution < 1.29 is 21.6 Å². The number of morpholine rings is 1. The van der Waals surface area contributed by atoms with Crippen LogP contribution < -0.4 is 10.0 Å². The van der Waals surface area contributed by atoms with E-state index in [-0.39, 0.29) is 34.8 Å². The highest BCUT2D eigenvalue weighted by Gasteiger charge is 2.26. The maximum Gasteiger partial charge on any atom is 0.243 e. The van der Waals surface area contributed by atoms with Crippen LogP contribution >= 0.6 is 12.4 Å². The SMILES string of the molecule is CCN[C@H](C)CNS(=O)(=O)c1ccc(S(=O)(=O)N2CCOCC2)cc1.Cl. The van der Waals surface area contributed by atoms with Crippen LogP contribution in [-0.4, -0.2) is 66.6 Å². The summed E-state index contributed by atoms with van der Waals surface area (Å²) in [7, 11) is -7.31. The molecule has 0 amide bonds. The van der Waals surface area contributed by atoms with Crippen molar-refractivity contribution in [3.63, 3.8) is 0 Å². The van der Waals surface area contributed by atoms with Gasteiger partial charge in [0.1, 0.15) is 0 Å². The van der Waals surface area contributed by atoms with Gasteiger partial charge in [0.15, 0.2) is 0 Å². The summed E-state index contributed by atoms with van der Waals surface area (Å²) in [6, 6.07) is 5.28. The van der Waals surface area contributed by atoms with Crippen molar-refractivity contribution in [3.05, 3.63) is 24.3 Å². The van der Waals surface area contributed by atoms with Crippen LogP contribution in [0.1, 0.15) is 13.8 Å². The summed E-state index contributed by atoms with van der Waals surface area (Å²) in [5.41, 5.74) is 0. The Morgan fingerprint density at radius 1 is 1.08 bits per heavy atom. The molecule has 1 aromatic carbocycles. The Labute approximate surface area is 161 Å².